The van der Waals surface area contributed by atoms with E-state index in [1.807, 2.05) is 85.2 Å². The number of amides is 1. The standard InChI is InChI=1S/2C11H9N.C3H2N2O.Ir/c2*1-2-6-10(7-3-1)11-8-4-5-9-12-11;6-3-1-2-4-5-3;/h2*1-9H;1-2H;. The van der Waals surface area contributed by atoms with Crippen LogP contribution >= 0.6 is 0 Å². The number of hydrogen-bond donors (Lipinski definition) is 0. The molecule has 1 amide bonds. The van der Waals surface area contributed by atoms with Crippen LogP contribution in [0.15, 0.2) is 132 Å². The summed E-state index contributed by atoms with van der Waals surface area (Å²) in [6.07, 6.45) is 6.28. The van der Waals surface area contributed by atoms with Crippen molar-refractivity contribution < 1.29 is 24.9 Å². The predicted molar refractivity (Wildman–Crippen MR) is 118 cm³/mol. The average Bonchev–Trinajstić information content (AvgIpc) is 3.33. The summed E-state index contributed by atoms with van der Waals surface area (Å²) in [5.74, 6) is -0.269. The molecule has 1 aliphatic rings. The number of benzene rings is 2. The molecule has 2 aromatic carbocycles. The summed E-state index contributed by atoms with van der Waals surface area (Å²) in [5.41, 5.74) is 4.38. The molecule has 4 aromatic rings. The van der Waals surface area contributed by atoms with E-state index in [1.165, 1.54) is 12.3 Å². The second-order valence-electron chi connectivity index (χ2n) is 6.03. The molecule has 0 atom stereocenters. The fourth-order valence-corrected chi connectivity index (χ4v) is 2.51. The van der Waals surface area contributed by atoms with E-state index in [4.69, 9.17) is 0 Å². The van der Waals surface area contributed by atoms with Crippen LogP contribution in [0.25, 0.3) is 22.5 Å². The van der Waals surface area contributed by atoms with Crippen LogP contribution in [-0.4, -0.2) is 15.9 Å². The van der Waals surface area contributed by atoms with Gasteiger partial charge in [-0.25, -0.2) is 0 Å². The molecule has 5 nitrogen and oxygen atoms in total. The van der Waals surface area contributed by atoms with E-state index in [0.29, 0.717) is 0 Å². The zero-order valence-corrected chi connectivity index (χ0v) is 19.0. The van der Waals surface area contributed by atoms with Crippen LogP contribution in [0.3, 0.4) is 0 Å². The van der Waals surface area contributed by atoms with Crippen molar-refractivity contribution in [3.05, 3.63) is 122 Å². The first-order valence-corrected chi connectivity index (χ1v) is 9.37. The van der Waals surface area contributed by atoms with Gasteiger partial charge in [-0.2, -0.15) is 5.11 Å². The third kappa shape index (κ3) is 8.34. The molecule has 0 saturated heterocycles. The molecular weight excluding hydrogens is 565 g/mol. The van der Waals surface area contributed by atoms with Gasteiger partial charge in [0.05, 0.1) is 17.6 Å². The molecule has 0 bridgehead atoms. The number of nitrogens with zero attached hydrogens (tertiary/aromatic N) is 4. The minimum absolute atomic E-state index is 0. The van der Waals surface area contributed by atoms with Crippen molar-refractivity contribution in [1.82, 2.24) is 9.97 Å². The minimum Gasteiger partial charge on any atom is -0.266 e. The Morgan fingerprint density at radius 1 is 0.548 bits per heavy atom. The van der Waals surface area contributed by atoms with Crippen LogP contribution in [0.2, 0.25) is 0 Å². The van der Waals surface area contributed by atoms with Gasteiger partial charge in [-0.05, 0) is 24.3 Å². The molecule has 0 N–H and O–H groups in total. The molecule has 3 heterocycles. The Kier molecular flexibility index (Phi) is 10.4. The van der Waals surface area contributed by atoms with Crippen LogP contribution in [0.4, 0.5) is 0 Å². The van der Waals surface area contributed by atoms with E-state index in [9.17, 15) is 4.79 Å². The van der Waals surface area contributed by atoms with Gasteiger partial charge in [0, 0.05) is 49.7 Å². The Morgan fingerprint density at radius 3 is 1.29 bits per heavy atom. The van der Waals surface area contributed by atoms with Crippen LogP contribution < -0.4 is 0 Å². The maximum absolute atomic E-state index is 9.90. The van der Waals surface area contributed by atoms with Gasteiger partial charge in [-0.15, -0.1) is 5.11 Å². The molecule has 31 heavy (non-hydrogen) atoms. The number of azo groups is 1. The Hall–Kier alpha value is -3.60. The van der Waals surface area contributed by atoms with Crippen molar-refractivity contribution in [2.75, 3.05) is 0 Å². The summed E-state index contributed by atoms with van der Waals surface area (Å²) in [6.45, 7) is 0. The molecule has 2 aromatic heterocycles. The molecule has 1 radical (unpaired) electrons. The maximum Gasteiger partial charge on any atom is 0.289 e. The average molecular weight is 585 g/mol. The molecule has 0 fully saturated rings. The SMILES string of the molecule is O=C1C=CN=N1.[Ir].c1ccc(-c2ccccn2)cc1.c1ccc(-c2ccccn2)cc1. The number of carbonyl (C=O) groups is 1. The maximum atomic E-state index is 9.90. The Balaban J connectivity index is 0.000000172. The van der Waals surface area contributed by atoms with Gasteiger partial charge < -0.3 is 0 Å². The van der Waals surface area contributed by atoms with Crippen molar-refractivity contribution in [3.8, 4) is 22.5 Å². The van der Waals surface area contributed by atoms with E-state index in [2.05, 4.69) is 44.5 Å². The van der Waals surface area contributed by atoms with Crippen molar-refractivity contribution in [2.24, 2.45) is 10.2 Å². The van der Waals surface area contributed by atoms with Crippen LogP contribution in [0.1, 0.15) is 0 Å². The second-order valence-corrected chi connectivity index (χ2v) is 6.03. The van der Waals surface area contributed by atoms with Gasteiger partial charge in [0.2, 0.25) is 0 Å². The molecule has 1 aliphatic heterocycles. The quantitative estimate of drug-likeness (QED) is 0.291. The Morgan fingerprint density at radius 2 is 1.00 bits per heavy atom. The van der Waals surface area contributed by atoms with Gasteiger partial charge >= 0.3 is 0 Å². The monoisotopic (exact) mass is 585 g/mol. The molecule has 155 valence electrons. The summed E-state index contributed by atoms with van der Waals surface area (Å²) in [7, 11) is 0. The van der Waals surface area contributed by atoms with Crippen LogP contribution in [0.5, 0.6) is 0 Å². The van der Waals surface area contributed by atoms with E-state index < -0.39 is 0 Å². The predicted octanol–water partition coefficient (Wildman–Crippen LogP) is 5.99. The van der Waals surface area contributed by atoms with Crippen LogP contribution in [-0.2, 0) is 24.9 Å². The van der Waals surface area contributed by atoms with Crippen LogP contribution in [0, 0.1) is 0 Å². The topological polar surface area (TPSA) is 67.6 Å². The molecule has 6 heteroatoms. The second kappa shape index (κ2) is 13.6. The normalized spacial score (nSPS) is 10.8. The van der Waals surface area contributed by atoms with E-state index >= 15 is 0 Å². The molecule has 0 saturated carbocycles. The number of carbonyl (C=O) groups excluding carboxylic acids is 1. The van der Waals surface area contributed by atoms with Crippen molar-refractivity contribution in [2.45, 2.75) is 0 Å². The van der Waals surface area contributed by atoms with Gasteiger partial charge in [-0.3, -0.25) is 14.8 Å². The molecule has 0 unspecified atom stereocenters. The summed E-state index contributed by atoms with van der Waals surface area (Å²) in [4.78, 5) is 18.4. The Labute approximate surface area is 195 Å². The summed E-state index contributed by atoms with van der Waals surface area (Å²) < 4.78 is 0. The number of aromatic nitrogens is 2. The fraction of sp³-hybridized carbons (Fsp3) is 0. The Bertz CT molecular complexity index is 923. The van der Waals surface area contributed by atoms with E-state index in [-0.39, 0.29) is 26.0 Å². The van der Waals surface area contributed by atoms with Crippen molar-refractivity contribution in [3.63, 3.8) is 0 Å². The summed E-state index contributed by atoms with van der Waals surface area (Å²) in [5, 5.41) is 6.37. The largest absolute Gasteiger partial charge is 0.289 e. The number of hydrogen-bond acceptors (Lipinski definition) is 4. The third-order valence-corrected chi connectivity index (χ3v) is 3.91. The van der Waals surface area contributed by atoms with Gasteiger partial charge in [-0.1, -0.05) is 72.8 Å². The van der Waals surface area contributed by atoms with E-state index in [0.717, 1.165) is 22.5 Å². The van der Waals surface area contributed by atoms with Crippen molar-refractivity contribution >= 4 is 5.91 Å². The number of pyridine rings is 2. The first-order chi connectivity index (χ1) is 14.8. The molecule has 0 aliphatic carbocycles. The smallest absolute Gasteiger partial charge is 0.266 e. The van der Waals surface area contributed by atoms with Gasteiger partial charge in [0.25, 0.3) is 5.91 Å². The van der Waals surface area contributed by atoms with Gasteiger partial charge in [0.1, 0.15) is 0 Å². The first kappa shape index (κ1) is 23.7. The first-order valence-electron chi connectivity index (χ1n) is 9.37. The zero-order valence-electron chi connectivity index (χ0n) is 16.6. The summed E-state index contributed by atoms with van der Waals surface area (Å²) >= 11 is 0. The van der Waals surface area contributed by atoms with Gasteiger partial charge in [0.15, 0.2) is 0 Å². The van der Waals surface area contributed by atoms with E-state index in [1.54, 1.807) is 0 Å². The molecule has 5 rings (SSSR count). The fourth-order valence-electron chi connectivity index (χ4n) is 2.51. The minimum atomic E-state index is -0.269. The third-order valence-electron chi connectivity index (χ3n) is 3.91. The molecular formula is C25H20IrN4O. The zero-order chi connectivity index (χ0) is 20.9. The summed E-state index contributed by atoms with van der Waals surface area (Å²) in [6, 6.07) is 32.2. The number of rotatable bonds is 2. The molecule has 0 spiro atoms. The van der Waals surface area contributed by atoms with Crippen molar-refractivity contribution in [1.29, 1.82) is 0 Å².